The maximum absolute atomic E-state index is 12.1. The normalized spacial score (nSPS) is 10.2. The van der Waals surface area contributed by atoms with Crippen molar-refractivity contribution in [1.29, 1.82) is 0 Å². The van der Waals surface area contributed by atoms with Crippen LogP contribution in [0.15, 0.2) is 35.1 Å². The van der Waals surface area contributed by atoms with E-state index >= 15 is 0 Å². The first-order valence-corrected chi connectivity index (χ1v) is 6.88. The molecule has 0 aliphatic rings. The Morgan fingerprint density at radius 1 is 1.43 bits per heavy atom. The molecule has 2 rings (SSSR count). The third-order valence-corrected chi connectivity index (χ3v) is 3.23. The molecule has 0 aliphatic heterocycles. The zero-order valence-corrected chi connectivity index (χ0v) is 12.8. The number of hydrogen-bond donors (Lipinski definition) is 3. The molecule has 1 aromatic carbocycles. The molecule has 8 heteroatoms. The van der Waals surface area contributed by atoms with Gasteiger partial charge in [0.25, 0.3) is 5.91 Å². The Morgan fingerprint density at radius 2 is 2.19 bits per heavy atom. The molecule has 0 fully saturated rings. The molecule has 0 spiro atoms. The summed E-state index contributed by atoms with van der Waals surface area (Å²) in [6.45, 7) is 0.0887. The summed E-state index contributed by atoms with van der Waals surface area (Å²) in [6.07, 6.45) is 3.04. The van der Waals surface area contributed by atoms with Crippen molar-refractivity contribution in [3.63, 3.8) is 0 Å². The summed E-state index contributed by atoms with van der Waals surface area (Å²) in [4.78, 5) is 23.4. The summed E-state index contributed by atoms with van der Waals surface area (Å²) in [5.41, 5.74) is 7.01. The van der Waals surface area contributed by atoms with Crippen LogP contribution in [0.2, 0.25) is 0 Å². The number of benzene rings is 1. The van der Waals surface area contributed by atoms with Crippen LogP contribution in [-0.2, 0) is 11.3 Å². The molecule has 0 atom stereocenters. The third-order valence-electron chi connectivity index (χ3n) is 2.74. The van der Waals surface area contributed by atoms with Crippen LogP contribution in [0.3, 0.4) is 0 Å². The number of carbonyl (C=O) groups is 2. The number of likely N-dealkylation sites (N-methyl/N-ethyl adjacent to an activating group) is 1. The average Bonchev–Trinajstić information content (AvgIpc) is 2.88. The van der Waals surface area contributed by atoms with Crippen molar-refractivity contribution >= 4 is 39.1 Å². The monoisotopic (exact) mass is 351 g/mol. The van der Waals surface area contributed by atoms with Crippen molar-refractivity contribution < 1.29 is 9.59 Å². The molecular weight excluding hydrogens is 338 g/mol. The summed E-state index contributed by atoms with van der Waals surface area (Å²) >= 11 is 3.29. The number of carbonyl (C=O) groups excluding carboxylic acids is 2. The first-order chi connectivity index (χ1) is 9.99. The number of rotatable bonds is 4. The van der Waals surface area contributed by atoms with Crippen LogP contribution in [0, 0.1) is 0 Å². The third kappa shape index (κ3) is 3.82. The number of nitrogens with two attached hydrogens (primary N) is 1. The molecule has 4 N–H and O–H groups in total. The number of aromatic nitrogens is 2. The predicted molar refractivity (Wildman–Crippen MR) is 82.8 cm³/mol. The van der Waals surface area contributed by atoms with Gasteiger partial charge >= 0.3 is 0 Å². The van der Waals surface area contributed by atoms with E-state index in [-0.39, 0.29) is 18.4 Å². The molecule has 2 aromatic rings. The fourth-order valence-electron chi connectivity index (χ4n) is 1.66. The lowest BCUT2D eigenvalue weighted by Crippen LogP contribution is -2.23. The summed E-state index contributed by atoms with van der Waals surface area (Å²) in [7, 11) is 1.55. The Hall–Kier alpha value is -2.35. The first kappa shape index (κ1) is 15.0. The second-order valence-corrected chi connectivity index (χ2v) is 5.20. The van der Waals surface area contributed by atoms with Crippen LogP contribution in [-0.4, -0.2) is 28.6 Å². The highest BCUT2D eigenvalue weighted by Crippen LogP contribution is 2.19. The van der Waals surface area contributed by atoms with Gasteiger partial charge in [-0.3, -0.25) is 14.3 Å². The van der Waals surface area contributed by atoms with Crippen LogP contribution in [0.5, 0.6) is 0 Å². The van der Waals surface area contributed by atoms with Crippen molar-refractivity contribution in [2.45, 2.75) is 6.54 Å². The van der Waals surface area contributed by atoms with Gasteiger partial charge in [0.05, 0.1) is 17.4 Å². The van der Waals surface area contributed by atoms with Gasteiger partial charge in [-0.2, -0.15) is 5.10 Å². The molecule has 0 saturated carbocycles. The predicted octanol–water partition coefficient (Wildman–Crippen LogP) is 1.23. The van der Waals surface area contributed by atoms with Crippen LogP contribution in [0.25, 0.3) is 0 Å². The fourth-order valence-corrected chi connectivity index (χ4v) is 2.03. The molecule has 110 valence electrons. The Balaban J connectivity index is 2.09. The molecule has 0 bridgehead atoms. The van der Waals surface area contributed by atoms with Gasteiger partial charge in [-0.15, -0.1) is 0 Å². The van der Waals surface area contributed by atoms with Crippen LogP contribution < -0.4 is 16.4 Å². The molecule has 0 aliphatic carbocycles. The summed E-state index contributed by atoms with van der Waals surface area (Å²) in [6, 6.07) is 5.04. The van der Waals surface area contributed by atoms with Gasteiger partial charge in [0.1, 0.15) is 6.54 Å². The molecular formula is C13H14BrN5O2. The lowest BCUT2D eigenvalue weighted by Gasteiger charge is -2.06. The quantitative estimate of drug-likeness (QED) is 0.720. The SMILES string of the molecule is CNC(=O)Cn1cc(NC(=O)c2cc(Br)ccc2N)cn1. The number of amides is 2. The van der Waals surface area contributed by atoms with Gasteiger partial charge in [0, 0.05) is 23.4 Å². The molecule has 0 radical (unpaired) electrons. The second kappa shape index (κ2) is 6.40. The van der Waals surface area contributed by atoms with E-state index in [4.69, 9.17) is 5.73 Å². The van der Waals surface area contributed by atoms with Gasteiger partial charge < -0.3 is 16.4 Å². The minimum Gasteiger partial charge on any atom is -0.398 e. The molecule has 0 saturated heterocycles. The summed E-state index contributed by atoms with van der Waals surface area (Å²) in [5.74, 6) is -0.513. The standard InChI is InChI=1S/C13H14BrN5O2/c1-16-12(20)7-19-6-9(5-17-19)18-13(21)10-4-8(14)2-3-11(10)15/h2-6H,7,15H2,1H3,(H,16,20)(H,18,21). The van der Waals surface area contributed by atoms with Gasteiger partial charge in [0.2, 0.25) is 5.91 Å². The number of anilines is 2. The highest BCUT2D eigenvalue weighted by molar-refractivity contribution is 9.10. The molecule has 1 heterocycles. The van der Waals surface area contributed by atoms with Crippen molar-refractivity contribution in [3.05, 3.63) is 40.6 Å². The van der Waals surface area contributed by atoms with E-state index in [1.807, 2.05) is 0 Å². The largest absolute Gasteiger partial charge is 0.398 e. The highest BCUT2D eigenvalue weighted by Gasteiger charge is 2.12. The summed E-state index contributed by atoms with van der Waals surface area (Å²) in [5, 5.41) is 9.17. The van der Waals surface area contributed by atoms with E-state index in [9.17, 15) is 9.59 Å². The van der Waals surface area contributed by atoms with E-state index in [0.29, 0.717) is 16.9 Å². The number of hydrogen-bond acceptors (Lipinski definition) is 4. The topological polar surface area (TPSA) is 102 Å². The van der Waals surface area contributed by atoms with Gasteiger partial charge in [0.15, 0.2) is 0 Å². The van der Waals surface area contributed by atoms with E-state index in [0.717, 1.165) is 4.47 Å². The number of halogens is 1. The van der Waals surface area contributed by atoms with Crippen LogP contribution in [0.1, 0.15) is 10.4 Å². The number of nitrogens with zero attached hydrogens (tertiary/aromatic N) is 2. The fraction of sp³-hybridized carbons (Fsp3) is 0.154. The smallest absolute Gasteiger partial charge is 0.257 e. The maximum atomic E-state index is 12.1. The first-order valence-electron chi connectivity index (χ1n) is 6.09. The number of nitrogen functional groups attached to an aromatic ring is 1. The second-order valence-electron chi connectivity index (χ2n) is 4.29. The zero-order chi connectivity index (χ0) is 15.4. The van der Waals surface area contributed by atoms with Gasteiger partial charge in [-0.05, 0) is 18.2 Å². The molecule has 21 heavy (non-hydrogen) atoms. The van der Waals surface area contributed by atoms with Crippen molar-refractivity contribution in [3.8, 4) is 0 Å². The lowest BCUT2D eigenvalue weighted by atomic mass is 10.1. The molecule has 7 nitrogen and oxygen atoms in total. The van der Waals surface area contributed by atoms with Crippen LogP contribution >= 0.6 is 15.9 Å². The van der Waals surface area contributed by atoms with E-state index < -0.39 is 0 Å². The van der Waals surface area contributed by atoms with Gasteiger partial charge in [-0.25, -0.2) is 0 Å². The Bertz CT molecular complexity index is 683. The Labute approximate surface area is 129 Å². The van der Waals surface area contributed by atoms with E-state index in [1.165, 1.54) is 10.9 Å². The minimum absolute atomic E-state index is 0.0887. The van der Waals surface area contributed by atoms with Gasteiger partial charge in [-0.1, -0.05) is 15.9 Å². The molecule has 1 aromatic heterocycles. The molecule has 0 unspecified atom stereocenters. The van der Waals surface area contributed by atoms with E-state index in [2.05, 4.69) is 31.7 Å². The Kier molecular flexibility index (Phi) is 4.59. The summed E-state index contributed by atoms with van der Waals surface area (Å²) < 4.78 is 2.19. The maximum Gasteiger partial charge on any atom is 0.257 e. The lowest BCUT2D eigenvalue weighted by molar-refractivity contribution is -0.121. The van der Waals surface area contributed by atoms with Crippen LogP contribution in [0.4, 0.5) is 11.4 Å². The minimum atomic E-state index is -0.340. The Morgan fingerprint density at radius 3 is 2.90 bits per heavy atom. The molecule has 2 amide bonds. The zero-order valence-electron chi connectivity index (χ0n) is 11.3. The highest BCUT2D eigenvalue weighted by atomic mass is 79.9. The van der Waals surface area contributed by atoms with Crippen molar-refractivity contribution in [1.82, 2.24) is 15.1 Å². The number of nitrogens with one attached hydrogen (secondary N) is 2. The average molecular weight is 352 g/mol. The van der Waals surface area contributed by atoms with Crippen molar-refractivity contribution in [2.24, 2.45) is 0 Å². The van der Waals surface area contributed by atoms with E-state index in [1.54, 1.807) is 31.4 Å². The van der Waals surface area contributed by atoms with Crippen molar-refractivity contribution in [2.75, 3.05) is 18.1 Å².